The molecule has 44 heavy (non-hydrogen) atoms. The zero-order chi connectivity index (χ0) is 31.1. The summed E-state index contributed by atoms with van der Waals surface area (Å²) in [4.78, 5) is 18.2. The zero-order valence-corrected chi connectivity index (χ0v) is 28.3. The molecule has 5 saturated heterocycles. The van der Waals surface area contributed by atoms with Crippen molar-refractivity contribution in [1.29, 1.82) is 0 Å². The van der Waals surface area contributed by atoms with E-state index in [9.17, 15) is 4.79 Å². The minimum Gasteiger partial charge on any atom is -0.427 e. The van der Waals surface area contributed by atoms with E-state index in [0.29, 0.717) is 65.6 Å². The molecule has 2 saturated carbocycles. The van der Waals surface area contributed by atoms with Gasteiger partial charge in [-0.2, -0.15) is 0 Å². The highest BCUT2D eigenvalue weighted by molar-refractivity contribution is 5.89. The number of hydrogen-bond donors (Lipinski definition) is 0. The minimum atomic E-state index is -0.791. The van der Waals surface area contributed by atoms with Crippen molar-refractivity contribution in [3.8, 4) is 0 Å². The highest BCUT2D eigenvalue weighted by atomic mass is 16.8. The largest absolute Gasteiger partial charge is 0.535 e. The van der Waals surface area contributed by atoms with E-state index in [0.717, 1.165) is 25.0 Å². The van der Waals surface area contributed by atoms with Gasteiger partial charge in [0.05, 0.1) is 24.0 Å². The Bertz CT molecular complexity index is 1100. The molecule has 8 nitrogen and oxygen atoms in total. The van der Waals surface area contributed by atoms with Gasteiger partial charge in [-0.1, -0.05) is 39.3 Å². The SMILES string of the molecule is CC1CCC2C(C)C3CC4C(C)C(CC(=NOC(=O)OC(C)(C)C)C5OC6OC3CCC3C(C)CCC(C5C)C63)OC(O1)C42. The molecule has 248 valence electrons. The summed E-state index contributed by atoms with van der Waals surface area (Å²) in [5.74, 6) is 5.19. The molecule has 0 N–H and O–H groups in total. The molecule has 8 heteroatoms. The summed E-state index contributed by atoms with van der Waals surface area (Å²) < 4.78 is 33.5. The van der Waals surface area contributed by atoms with Crippen LogP contribution in [0.4, 0.5) is 4.79 Å². The number of oxime groups is 1. The first kappa shape index (κ1) is 31.4. The van der Waals surface area contributed by atoms with Gasteiger partial charge in [0, 0.05) is 18.3 Å². The van der Waals surface area contributed by atoms with E-state index in [1.165, 1.54) is 25.7 Å². The molecule has 6 bridgehead atoms. The van der Waals surface area contributed by atoms with E-state index < -0.39 is 11.8 Å². The first-order valence-corrected chi connectivity index (χ1v) is 18.0. The fourth-order valence-electron chi connectivity index (χ4n) is 11.2. The monoisotopic (exact) mass is 615 g/mol. The molecule has 0 aromatic rings. The van der Waals surface area contributed by atoms with Crippen LogP contribution in [0.1, 0.15) is 107 Å². The lowest BCUT2D eigenvalue weighted by Crippen LogP contribution is -2.59. The Morgan fingerprint density at radius 2 is 1.36 bits per heavy atom. The van der Waals surface area contributed by atoms with Crippen molar-refractivity contribution in [3.05, 3.63) is 0 Å². The molecule has 17 unspecified atom stereocenters. The van der Waals surface area contributed by atoms with Crippen LogP contribution in [0.5, 0.6) is 0 Å². The Morgan fingerprint density at radius 1 is 0.705 bits per heavy atom. The lowest BCUT2D eigenvalue weighted by atomic mass is 9.55. The summed E-state index contributed by atoms with van der Waals surface area (Å²) in [5.41, 5.74) is 0.0633. The average Bonchev–Trinajstić information content (AvgIpc) is 3.24. The van der Waals surface area contributed by atoms with Crippen molar-refractivity contribution in [1.82, 2.24) is 0 Å². The van der Waals surface area contributed by atoms with Crippen LogP contribution < -0.4 is 0 Å². The van der Waals surface area contributed by atoms with E-state index >= 15 is 0 Å². The molecule has 0 spiro atoms. The molecular weight excluding hydrogens is 558 g/mol. The minimum absolute atomic E-state index is 0.0998. The molecule has 0 amide bonds. The Hall–Kier alpha value is -1.22. The molecule has 0 radical (unpaired) electrons. The summed E-state index contributed by atoms with van der Waals surface area (Å²) in [6.07, 6.45) is 7.35. The van der Waals surface area contributed by atoms with Crippen molar-refractivity contribution in [2.45, 2.75) is 149 Å². The fraction of sp³-hybridized carbons (Fsp3) is 0.944. The summed E-state index contributed by atoms with van der Waals surface area (Å²) >= 11 is 0. The fourth-order valence-corrected chi connectivity index (χ4v) is 11.2. The van der Waals surface area contributed by atoms with Gasteiger partial charge < -0.3 is 23.7 Å². The normalized spacial score (nSPS) is 52.7. The summed E-state index contributed by atoms with van der Waals surface area (Å²) in [5, 5.41) is 4.57. The van der Waals surface area contributed by atoms with Gasteiger partial charge in [-0.05, 0) is 119 Å². The van der Waals surface area contributed by atoms with Gasteiger partial charge in [0.1, 0.15) is 11.7 Å². The van der Waals surface area contributed by atoms with E-state index in [1.807, 2.05) is 20.8 Å². The van der Waals surface area contributed by atoms with Gasteiger partial charge in [0.2, 0.25) is 0 Å². The van der Waals surface area contributed by atoms with Gasteiger partial charge in [0.15, 0.2) is 12.6 Å². The van der Waals surface area contributed by atoms with E-state index in [2.05, 4.69) is 39.8 Å². The highest BCUT2D eigenvalue weighted by Gasteiger charge is 2.59. The number of carbonyl (C=O) groups is 1. The lowest BCUT2D eigenvalue weighted by molar-refractivity contribution is -0.298. The average molecular weight is 616 g/mol. The second kappa shape index (κ2) is 11.8. The van der Waals surface area contributed by atoms with Crippen LogP contribution in [0.15, 0.2) is 5.16 Å². The number of nitrogens with zero attached hydrogens (tertiary/aromatic N) is 1. The molecule has 2 aliphatic carbocycles. The van der Waals surface area contributed by atoms with E-state index in [4.69, 9.17) is 28.5 Å². The molecule has 17 atom stereocenters. The third-order valence-corrected chi connectivity index (χ3v) is 13.4. The van der Waals surface area contributed by atoms with Crippen LogP contribution in [-0.2, 0) is 28.5 Å². The van der Waals surface area contributed by atoms with Gasteiger partial charge in [-0.3, -0.25) is 4.84 Å². The molecular formula is C36H57NO7. The number of hydrogen-bond acceptors (Lipinski definition) is 8. The Balaban J connectivity index is 1.31. The highest BCUT2D eigenvalue weighted by Crippen LogP contribution is 2.59. The smallest absolute Gasteiger partial charge is 0.427 e. The molecule has 5 aliphatic heterocycles. The summed E-state index contributed by atoms with van der Waals surface area (Å²) in [7, 11) is 0. The number of ether oxygens (including phenoxy) is 5. The maximum Gasteiger partial charge on any atom is 0.535 e. The molecule has 5 heterocycles. The van der Waals surface area contributed by atoms with Crippen molar-refractivity contribution < 1.29 is 33.3 Å². The molecule has 7 aliphatic rings. The van der Waals surface area contributed by atoms with Crippen LogP contribution >= 0.6 is 0 Å². The Labute approximate surface area is 264 Å². The summed E-state index contributed by atoms with van der Waals surface area (Å²) in [6, 6.07) is 0. The van der Waals surface area contributed by atoms with Crippen molar-refractivity contribution in [3.63, 3.8) is 0 Å². The predicted octanol–water partition coefficient (Wildman–Crippen LogP) is 7.58. The maximum absolute atomic E-state index is 12.7. The first-order valence-electron chi connectivity index (χ1n) is 18.0. The van der Waals surface area contributed by atoms with Crippen LogP contribution in [0.3, 0.4) is 0 Å². The quantitative estimate of drug-likeness (QED) is 0.171. The number of rotatable bonds is 1. The van der Waals surface area contributed by atoms with Crippen LogP contribution in [-0.4, -0.2) is 54.5 Å². The standard InChI is InChI=1S/C36H57NO7/c1-17-9-11-24-21(5)32-27(37-44-35(38)43-36(6,7)8)16-29-20(4)26-15-25(28-14-13-22(17)30(24)34(40-28)42-32)19(3)23-12-10-18(2)39-33(41-29)31(23)26/h17-26,28-34H,9-16H2,1-8H3. The Morgan fingerprint density at radius 3 is 2.14 bits per heavy atom. The van der Waals surface area contributed by atoms with Gasteiger partial charge >= 0.3 is 6.16 Å². The second-order valence-corrected chi connectivity index (χ2v) is 16.9. The van der Waals surface area contributed by atoms with Crippen molar-refractivity contribution in [2.24, 2.45) is 70.3 Å². The van der Waals surface area contributed by atoms with Crippen molar-refractivity contribution in [2.75, 3.05) is 0 Å². The lowest BCUT2D eigenvalue weighted by Gasteiger charge is -2.57. The molecule has 0 aromatic carbocycles. The molecule has 0 aromatic heterocycles. The predicted molar refractivity (Wildman–Crippen MR) is 166 cm³/mol. The number of fused-ring (bicyclic) bond motifs is 5. The Kier molecular flexibility index (Phi) is 8.41. The van der Waals surface area contributed by atoms with Gasteiger partial charge in [0.25, 0.3) is 0 Å². The molecule has 7 rings (SSSR count). The summed E-state index contributed by atoms with van der Waals surface area (Å²) in [6.45, 7) is 17.3. The zero-order valence-electron chi connectivity index (χ0n) is 28.3. The third kappa shape index (κ3) is 5.56. The van der Waals surface area contributed by atoms with E-state index in [1.54, 1.807) is 0 Å². The van der Waals surface area contributed by atoms with Crippen LogP contribution in [0, 0.1) is 65.1 Å². The second-order valence-electron chi connectivity index (χ2n) is 16.9. The topological polar surface area (TPSA) is 84.8 Å². The van der Waals surface area contributed by atoms with Gasteiger partial charge in [-0.15, -0.1) is 0 Å². The van der Waals surface area contributed by atoms with Crippen LogP contribution in [0.25, 0.3) is 0 Å². The van der Waals surface area contributed by atoms with E-state index in [-0.39, 0.29) is 42.9 Å². The first-order chi connectivity index (χ1) is 20.9. The number of carbonyl (C=O) groups excluding carboxylic acids is 1. The molecule has 7 fully saturated rings. The van der Waals surface area contributed by atoms with Gasteiger partial charge in [-0.25, -0.2) is 4.79 Å². The van der Waals surface area contributed by atoms with Crippen molar-refractivity contribution >= 4 is 11.9 Å². The third-order valence-electron chi connectivity index (χ3n) is 13.4. The van der Waals surface area contributed by atoms with Crippen LogP contribution in [0.2, 0.25) is 0 Å². The maximum atomic E-state index is 12.7.